The van der Waals surface area contributed by atoms with Gasteiger partial charge in [-0.1, -0.05) is 14.9 Å². The first-order valence-electron chi connectivity index (χ1n) is 3.70. The Morgan fingerprint density at radius 3 is 0.952 bits per heavy atom. The second-order valence-electron chi connectivity index (χ2n) is 1.21. The molecule has 0 atom stereocenters. The molecule has 0 aromatic carbocycles. The lowest BCUT2D eigenvalue weighted by molar-refractivity contribution is -0.134. The fraction of sp³-hybridized carbons (Fsp3) is 0.600. The van der Waals surface area contributed by atoms with E-state index in [4.69, 9.17) is 44.5 Å². The van der Waals surface area contributed by atoms with Crippen molar-refractivity contribution in [2.45, 2.75) is 35.6 Å². The van der Waals surface area contributed by atoms with Crippen LogP contribution in [0.15, 0.2) is 0 Å². The number of hydrogen-bond donors (Lipinski definition) is 2. The Morgan fingerprint density at radius 2 is 0.952 bits per heavy atom. The summed E-state index contributed by atoms with van der Waals surface area (Å²) in [5.74, 6) is -0.833. The van der Waals surface area contributed by atoms with Crippen molar-refractivity contribution in [3.63, 3.8) is 0 Å². The maximum atomic E-state index is 9.00. The highest BCUT2D eigenvalue weighted by molar-refractivity contribution is 5.62. The van der Waals surface area contributed by atoms with Crippen LogP contribution < -0.4 is 0 Å². The van der Waals surface area contributed by atoms with Gasteiger partial charge in [-0.15, -0.1) is 0 Å². The number of aliphatic hydroxyl groups is 1. The minimum absolute atomic E-state index is 0. The van der Waals surface area contributed by atoms with Crippen LogP contribution in [0, 0.1) is 26.8 Å². The molecule has 6 N–H and O–H groups in total. The van der Waals surface area contributed by atoms with E-state index in [0.717, 1.165) is 19.5 Å². The van der Waals surface area contributed by atoms with Crippen LogP contribution in [0.5, 0.6) is 0 Å². The number of carboxylic acids is 1. The van der Waals surface area contributed by atoms with E-state index in [2.05, 4.69) is 6.92 Å². The van der Waals surface area contributed by atoms with Crippen molar-refractivity contribution in [1.82, 2.24) is 0 Å². The van der Waals surface area contributed by atoms with Crippen molar-refractivity contribution < 1.29 is 35.5 Å². The van der Waals surface area contributed by atoms with Crippen molar-refractivity contribution in [1.29, 1.82) is 0 Å². The Bertz CT molecular complexity index is 118. The minimum Gasteiger partial charge on any atom is -0.481 e. The summed E-state index contributed by atoms with van der Waals surface area (Å²) in [6.07, 6.45) is 1.50. The van der Waals surface area contributed by atoms with Crippen molar-refractivity contribution in [3.05, 3.63) is 26.8 Å². The fourth-order valence-corrected chi connectivity index (χ4v) is 0. The molecule has 0 unspecified atom stereocenters. The molecule has 0 radical (unpaired) electrons. The van der Waals surface area contributed by atoms with Crippen LogP contribution >= 0.6 is 0 Å². The highest BCUT2D eigenvalue weighted by atomic mass is 16.7. The number of aliphatic hydroxyl groups excluding tert-OH is 1. The van der Waals surface area contributed by atoms with Gasteiger partial charge >= 0.3 is 0 Å². The number of carbonyl (C=O) groups excluding carboxylic acids is 2. The molecule has 0 aliphatic heterocycles. The summed E-state index contributed by atoms with van der Waals surface area (Å²) in [7, 11) is 0. The van der Waals surface area contributed by atoms with Gasteiger partial charge in [0.1, 0.15) is 12.6 Å². The summed E-state index contributed by atoms with van der Waals surface area (Å²) >= 11 is 0. The van der Waals surface area contributed by atoms with Gasteiger partial charge in [-0.25, -0.2) is 0 Å². The van der Waals surface area contributed by atoms with Gasteiger partial charge in [0, 0.05) is 26.8 Å². The first-order chi connectivity index (χ1) is 7.97. The first kappa shape index (κ1) is 77.1. The zero-order valence-electron chi connectivity index (χ0n) is 10.8. The molecule has 0 saturated carbocycles. The predicted molar refractivity (Wildman–Crippen MR) is 83.4 cm³/mol. The molecular weight excluding hydrogens is 296 g/mol. The van der Waals surface area contributed by atoms with E-state index in [1.54, 1.807) is 0 Å². The predicted octanol–water partition coefficient (Wildman–Crippen LogP) is 0.0709. The zero-order valence-corrected chi connectivity index (χ0v) is 10.8. The number of hydrogen-bond acceptors (Lipinski definition) is 8. The Labute approximate surface area is 124 Å². The van der Waals surface area contributed by atoms with Gasteiger partial charge in [0.25, 0.3) is 5.97 Å². The molecule has 0 fully saturated rings. The fourth-order valence-electron chi connectivity index (χ4n) is 0. The van der Waals surface area contributed by atoms with Gasteiger partial charge in [-0.05, 0) is 13.8 Å². The molecule has 0 spiro atoms. The standard InChI is InChI=1S/C2H4O2.C2H5O.2C2H4O.2CH4.2O2.2H2O/c1-2(3)4;3*1-2-3;;;2*1-2;;/h1H3,(H,3,4);3H,1-2H2;2*2H,1H3;2*1H4;;;2*1H2/q;+1;;;;;;;;. The molecule has 0 rings (SSSR count). The van der Waals surface area contributed by atoms with Crippen LogP contribution in [0.3, 0.4) is 0 Å². The highest BCUT2D eigenvalue weighted by Gasteiger charge is 1.65. The zero-order chi connectivity index (χ0) is 15.7. The van der Waals surface area contributed by atoms with E-state index >= 15 is 0 Å². The second kappa shape index (κ2) is 353. The molecule has 0 amide bonds. The Balaban J connectivity index is -0.00000000846. The molecule has 0 aliphatic carbocycles. The molecule has 11 heteroatoms. The van der Waals surface area contributed by atoms with Crippen LogP contribution in [-0.2, 0) is 14.4 Å². The SMILES string of the molecule is C.C.CC(=O)O.CC=O.CC=O.O.O.O=O.O=O.[CH2+]CO. The molecule has 0 aliphatic rings. The summed E-state index contributed by atoms with van der Waals surface area (Å²) < 4.78 is 0. The van der Waals surface area contributed by atoms with E-state index in [-0.39, 0.29) is 32.4 Å². The smallest absolute Gasteiger partial charge is 0.300 e. The maximum Gasteiger partial charge on any atom is 0.300 e. The molecule has 11 nitrogen and oxygen atoms in total. The number of carbonyl (C=O) groups is 3. The Hall–Kier alpha value is -2.24. The van der Waals surface area contributed by atoms with Crippen LogP contribution in [0.2, 0.25) is 0 Å². The quantitative estimate of drug-likeness (QED) is 0.453. The molecule has 0 aromatic heterocycles. The molecule has 134 valence electrons. The first-order valence-corrected chi connectivity index (χ1v) is 3.70. The van der Waals surface area contributed by atoms with Crippen molar-refractivity contribution >= 4 is 18.5 Å². The van der Waals surface area contributed by atoms with Gasteiger partial charge < -0.3 is 30.8 Å². The average Bonchev–Trinajstić information content (AvgIpc) is 2.25. The largest absolute Gasteiger partial charge is 0.481 e. The minimum atomic E-state index is -0.833. The third-order valence-corrected chi connectivity index (χ3v) is 0. The van der Waals surface area contributed by atoms with Crippen LogP contribution in [0.1, 0.15) is 35.6 Å². The third-order valence-electron chi connectivity index (χ3n) is 0. The Morgan fingerprint density at radius 1 is 0.952 bits per heavy atom. The van der Waals surface area contributed by atoms with E-state index in [9.17, 15) is 0 Å². The topological polar surface area (TPSA) is 223 Å². The highest BCUT2D eigenvalue weighted by Crippen LogP contribution is 1.42. The van der Waals surface area contributed by atoms with Gasteiger partial charge in [-0.2, -0.15) is 0 Å². The van der Waals surface area contributed by atoms with Crippen LogP contribution in [0.25, 0.3) is 0 Å². The average molecular weight is 325 g/mol. The summed E-state index contributed by atoms with van der Waals surface area (Å²) in [4.78, 5) is 54.6. The van der Waals surface area contributed by atoms with E-state index < -0.39 is 5.97 Å². The van der Waals surface area contributed by atoms with E-state index in [1.807, 2.05) is 0 Å². The molecule has 21 heavy (non-hydrogen) atoms. The number of aldehydes is 2. The maximum absolute atomic E-state index is 9.00. The molecule has 0 aromatic rings. The van der Waals surface area contributed by atoms with Gasteiger partial charge in [0.05, 0.1) is 6.92 Å². The van der Waals surface area contributed by atoms with Gasteiger partial charge in [0.2, 0.25) is 0 Å². The summed E-state index contributed by atoms with van der Waals surface area (Å²) in [5, 5.41) is 14.9. The van der Waals surface area contributed by atoms with Crippen LogP contribution in [0.4, 0.5) is 0 Å². The lowest BCUT2D eigenvalue weighted by Gasteiger charge is -1.59. The second-order valence-corrected chi connectivity index (χ2v) is 1.21. The normalized spacial score (nSPS) is 3.62. The molecule has 0 bridgehead atoms. The summed E-state index contributed by atoms with van der Waals surface area (Å²) in [6, 6.07) is 0. The number of rotatable bonds is 0. The molecular formula is C10H29O11+. The monoisotopic (exact) mass is 325 g/mol. The lowest BCUT2D eigenvalue weighted by atomic mass is 10.9. The van der Waals surface area contributed by atoms with Gasteiger partial charge in [-0.3, -0.25) is 4.79 Å². The van der Waals surface area contributed by atoms with E-state index in [1.165, 1.54) is 13.8 Å². The number of carboxylic acid groups (broad SMARTS) is 1. The van der Waals surface area contributed by atoms with Crippen molar-refractivity contribution in [2.75, 3.05) is 6.61 Å². The van der Waals surface area contributed by atoms with Crippen molar-refractivity contribution in [2.24, 2.45) is 0 Å². The van der Waals surface area contributed by atoms with Crippen LogP contribution in [-0.4, -0.2) is 46.3 Å². The van der Waals surface area contributed by atoms with Crippen molar-refractivity contribution in [3.8, 4) is 0 Å². The summed E-state index contributed by atoms with van der Waals surface area (Å²) in [6.45, 7) is 7.01. The number of aliphatic carboxylic acids is 1. The summed E-state index contributed by atoms with van der Waals surface area (Å²) in [5.41, 5.74) is 0. The third kappa shape index (κ3) is 879. The van der Waals surface area contributed by atoms with Gasteiger partial charge in [0.15, 0.2) is 6.61 Å². The van der Waals surface area contributed by atoms with E-state index in [0.29, 0.717) is 0 Å². The molecule has 0 heterocycles. The lowest BCUT2D eigenvalue weighted by Crippen LogP contribution is -1.78. The molecule has 0 saturated heterocycles. The Kier molecular flexibility index (Phi) is 1300.